The van der Waals surface area contributed by atoms with Crippen molar-refractivity contribution in [3.8, 4) is 0 Å². The van der Waals surface area contributed by atoms with E-state index in [1.54, 1.807) is 0 Å². The second kappa shape index (κ2) is 11.2. The van der Waals surface area contributed by atoms with E-state index in [9.17, 15) is 0 Å². The zero-order chi connectivity index (χ0) is 34.2. The molecule has 0 heterocycles. The molecule has 2 aliphatic rings. The van der Waals surface area contributed by atoms with Gasteiger partial charge in [0.1, 0.15) is 0 Å². The molecule has 0 unspecified atom stereocenters. The van der Waals surface area contributed by atoms with Crippen LogP contribution < -0.4 is 0 Å². The molecule has 0 aromatic heterocycles. The van der Waals surface area contributed by atoms with Crippen LogP contribution in [0.1, 0.15) is 152 Å². The molecule has 0 bridgehead atoms. The Labute approximate surface area is 286 Å². The number of hydrogen-bond donors (Lipinski definition) is 0. The standard InChI is InChI=1S/C47H56/c1-43(2,3)39-27-35-33(31-19-15-13-16-20-31)23-25-47(37(35)29-41(39)45(7,8)9)26-24-34(32-21-17-14-18-22-32)36-28-40(44(4,5)6)42(30-38(36)47)46(10,11)12/h13-24,27-30H,25-26H2,1-12H3. The van der Waals surface area contributed by atoms with E-state index in [4.69, 9.17) is 0 Å². The average molecular weight is 621 g/mol. The minimum absolute atomic E-state index is 0.0160. The lowest BCUT2D eigenvalue weighted by atomic mass is 9.57. The van der Waals surface area contributed by atoms with E-state index in [-0.39, 0.29) is 27.1 Å². The van der Waals surface area contributed by atoms with Gasteiger partial charge in [0.05, 0.1) is 0 Å². The first-order valence-electron chi connectivity index (χ1n) is 17.7. The maximum Gasteiger partial charge on any atom is 0.0284 e. The van der Waals surface area contributed by atoms with Gasteiger partial charge in [0.25, 0.3) is 0 Å². The molecule has 47 heavy (non-hydrogen) atoms. The van der Waals surface area contributed by atoms with Crippen molar-refractivity contribution in [3.05, 3.63) is 153 Å². The molecule has 0 saturated heterocycles. The molecule has 4 aromatic rings. The van der Waals surface area contributed by atoms with Gasteiger partial charge in [-0.1, -0.05) is 180 Å². The zero-order valence-electron chi connectivity index (χ0n) is 31.2. The van der Waals surface area contributed by atoms with Gasteiger partial charge in [0.2, 0.25) is 0 Å². The molecular weight excluding hydrogens is 565 g/mol. The summed E-state index contributed by atoms with van der Waals surface area (Å²) in [4.78, 5) is 0. The largest absolute Gasteiger partial charge is 0.0748 e. The lowest BCUT2D eigenvalue weighted by Crippen LogP contribution is -2.36. The summed E-state index contributed by atoms with van der Waals surface area (Å²) < 4.78 is 0. The van der Waals surface area contributed by atoms with Crippen LogP contribution in [0.4, 0.5) is 0 Å². The van der Waals surface area contributed by atoms with Crippen molar-refractivity contribution in [1.82, 2.24) is 0 Å². The maximum absolute atomic E-state index is 2.64. The summed E-state index contributed by atoms with van der Waals surface area (Å²) >= 11 is 0. The van der Waals surface area contributed by atoms with Crippen molar-refractivity contribution in [3.63, 3.8) is 0 Å². The Balaban J connectivity index is 1.75. The van der Waals surface area contributed by atoms with Gasteiger partial charge in [0, 0.05) is 5.41 Å². The van der Waals surface area contributed by atoms with Crippen molar-refractivity contribution >= 4 is 11.1 Å². The van der Waals surface area contributed by atoms with Crippen molar-refractivity contribution < 1.29 is 0 Å². The smallest absolute Gasteiger partial charge is 0.0284 e. The van der Waals surface area contributed by atoms with E-state index in [1.165, 1.54) is 66.8 Å². The lowest BCUT2D eigenvalue weighted by Gasteiger charge is -2.46. The predicted molar refractivity (Wildman–Crippen MR) is 205 cm³/mol. The van der Waals surface area contributed by atoms with Gasteiger partial charge in [-0.25, -0.2) is 0 Å². The molecule has 0 fully saturated rings. The summed E-state index contributed by atoms with van der Waals surface area (Å²) in [7, 11) is 0. The molecular formula is C47H56. The number of hydrogen-bond acceptors (Lipinski definition) is 0. The summed E-state index contributed by atoms with van der Waals surface area (Å²) in [6.45, 7) is 28.6. The maximum atomic E-state index is 2.64. The van der Waals surface area contributed by atoms with Crippen LogP contribution in [0.15, 0.2) is 97.1 Å². The summed E-state index contributed by atoms with van der Waals surface area (Å²) in [5.41, 5.74) is 16.9. The third kappa shape index (κ3) is 5.88. The quantitative estimate of drug-likeness (QED) is 0.209. The van der Waals surface area contributed by atoms with E-state index < -0.39 is 0 Å². The van der Waals surface area contributed by atoms with Gasteiger partial charge in [0.15, 0.2) is 0 Å². The SMILES string of the molecule is CC(C)(C)c1cc2c(cc1C(C)(C)C)C1(CC=C2c2ccccc2)CC=C(c2ccccc2)c2cc(C(C)(C)C)c(C(C)(C)C)cc21. The molecule has 0 radical (unpaired) electrons. The summed E-state index contributed by atoms with van der Waals surface area (Å²) in [6.07, 6.45) is 7.10. The fourth-order valence-corrected chi connectivity index (χ4v) is 8.14. The van der Waals surface area contributed by atoms with Crippen LogP contribution in [0.3, 0.4) is 0 Å². The van der Waals surface area contributed by atoms with Crippen LogP contribution in [-0.2, 0) is 27.1 Å². The molecule has 2 aliphatic carbocycles. The number of benzene rings is 4. The minimum atomic E-state index is -0.159. The van der Waals surface area contributed by atoms with E-state index in [1.807, 2.05) is 0 Å². The first-order valence-corrected chi connectivity index (χ1v) is 17.7. The zero-order valence-corrected chi connectivity index (χ0v) is 31.2. The molecule has 0 atom stereocenters. The van der Waals surface area contributed by atoms with Crippen LogP contribution in [-0.4, -0.2) is 0 Å². The van der Waals surface area contributed by atoms with Gasteiger partial charge in [-0.15, -0.1) is 0 Å². The normalized spacial score (nSPS) is 16.3. The fraction of sp³-hybridized carbons (Fsp3) is 0.404. The van der Waals surface area contributed by atoms with E-state index in [0.717, 1.165) is 12.8 Å². The van der Waals surface area contributed by atoms with E-state index >= 15 is 0 Å². The highest BCUT2D eigenvalue weighted by molar-refractivity contribution is 5.89. The third-order valence-electron chi connectivity index (χ3n) is 10.6. The first kappa shape index (κ1) is 33.3. The Morgan fingerprint density at radius 3 is 1.00 bits per heavy atom. The molecule has 0 aliphatic heterocycles. The molecule has 0 nitrogen and oxygen atoms in total. The van der Waals surface area contributed by atoms with Crippen molar-refractivity contribution in [1.29, 1.82) is 0 Å². The molecule has 0 saturated carbocycles. The Morgan fingerprint density at radius 1 is 0.404 bits per heavy atom. The molecule has 4 aromatic carbocycles. The Bertz CT molecular complexity index is 1720. The molecule has 0 amide bonds. The molecule has 6 rings (SSSR count). The Kier molecular flexibility index (Phi) is 7.94. The highest BCUT2D eigenvalue weighted by atomic mass is 14.5. The highest BCUT2D eigenvalue weighted by Crippen LogP contribution is 2.56. The summed E-state index contributed by atoms with van der Waals surface area (Å²) in [5.74, 6) is 0. The van der Waals surface area contributed by atoms with Crippen LogP contribution in [0, 0.1) is 0 Å². The number of fused-ring (bicyclic) bond motifs is 4. The molecule has 1 spiro atoms. The van der Waals surface area contributed by atoms with Gasteiger partial charge in [-0.2, -0.15) is 0 Å². The van der Waals surface area contributed by atoms with Crippen LogP contribution in [0.2, 0.25) is 0 Å². The summed E-state index contributed by atoms with van der Waals surface area (Å²) in [6, 6.07) is 32.6. The molecule has 0 N–H and O–H groups in total. The lowest BCUT2D eigenvalue weighted by molar-refractivity contribution is 0.491. The van der Waals surface area contributed by atoms with Crippen LogP contribution >= 0.6 is 0 Å². The van der Waals surface area contributed by atoms with Crippen molar-refractivity contribution in [2.45, 2.75) is 123 Å². The number of allylic oxidation sites excluding steroid dienone is 2. The minimum Gasteiger partial charge on any atom is -0.0748 e. The molecule has 0 heteroatoms. The predicted octanol–water partition coefficient (Wildman–Crippen LogP) is 12.8. The van der Waals surface area contributed by atoms with Gasteiger partial charge < -0.3 is 0 Å². The van der Waals surface area contributed by atoms with E-state index in [0.29, 0.717) is 0 Å². The van der Waals surface area contributed by atoms with Crippen molar-refractivity contribution in [2.75, 3.05) is 0 Å². The van der Waals surface area contributed by atoms with Crippen LogP contribution in [0.25, 0.3) is 11.1 Å². The number of rotatable bonds is 2. The van der Waals surface area contributed by atoms with Gasteiger partial charge >= 0.3 is 0 Å². The monoisotopic (exact) mass is 620 g/mol. The summed E-state index contributed by atoms with van der Waals surface area (Å²) in [5, 5.41) is 0. The Hall–Kier alpha value is -3.64. The van der Waals surface area contributed by atoms with E-state index in [2.05, 4.69) is 180 Å². The second-order valence-electron chi connectivity index (χ2n) is 18.3. The van der Waals surface area contributed by atoms with Crippen LogP contribution in [0.5, 0.6) is 0 Å². The topological polar surface area (TPSA) is 0 Å². The fourth-order valence-electron chi connectivity index (χ4n) is 8.14. The molecule has 244 valence electrons. The highest BCUT2D eigenvalue weighted by Gasteiger charge is 2.45. The first-order chi connectivity index (χ1) is 21.8. The Morgan fingerprint density at radius 2 is 0.702 bits per heavy atom. The van der Waals surface area contributed by atoms with Gasteiger partial charge in [-0.3, -0.25) is 0 Å². The third-order valence-corrected chi connectivity index (χ3v) is 10.6. The van der Waals surface area contributed by atoms with Gasteiger partial charge in [-0.05, 0) is 101 Å². The average Bonchev–Trinajstić information content (AvgIpc) is 2.99. The second-order valence-corrected chi connectivity index (χ2v) is 18.3. The van der Waals surface area contributed by atoms with Crippen molar-refractivity contribution in [2.24, 2.45) is 0 Å².